The van der Waals surface area contributed by atoms with Crippen LogP contribution in [0.25, 0.3) is 0 Å². The van der Waals surface area contributed by atoms with E-state index in [0.717, 1.165) is 0 Å². The van der Waals surface area contributed by atoms with Crippen LogP contribution in [0, 0.1) is 5.41 Å². The Morgan fingerprint density at radius 1 is 1.58 bits per heavy atom. The summed E-state index contributed by atoms with van der Waals surface area (Å²) in [5.74, 6) is -2.14. The van der Waals surface area contributed by atoms with Gasteiger partial charge in [-0.15, -0.1) is 0 Å². The summed E-state index contributed by atoms with van der Waals surface area (Å²) >= 11 is 0. The third-order valence-electron chi connectivity index (χ3n) is 2.10. The molecule has 0 aromatic rings. The van der Waals surface area contributed by atoms with Crippen LogP contribution < -0.4 is 0 Å². The topological polar surface area (TPSA) is 71.4 Å². The number of carboxylic acids is 1. The van der Waals surface area contributed by atoms with E-state index in [4.69, 9.17) is 5.11 Å². The summed E-state index contributed by atoms with van der Waals surface area (Å²) in [7, 11) is -3.33. The molecule has 1 fully saturated rings. The predicted octanol–water partition coefficient (Wildman–Crippen LogP) is -0.155. The number of rotatable bonds is 2. The Kier molecular flexibility index (Phi) is 2.11. The number of carboxylic acid groups (broad SMARTS) is 1. The lowest BCUT2D eigenvalue weighted by Gasteiger charge is -2.16. The molecule has 0 aromatic heterocycles. The van der Waals surface area contributed by atoms with E-state index < -0.39 is 33.6 Å². The maximum atomic E-state index is 12.3. The molecule has 1 N–H and O–H groups in total. The van der Waals surface area contributed by atoms with Crippen LogP contribution in [0.15, 0.2) is 0 Å². The minimum absolute atomic E-state index is 0.110. The van der Waals surface area contributed by atoms with E-state index in [0.29, 0.717) is 0 Å². The zero-order valence-electron chi connectivity index (χ0n) is 6.29. The van der Waals surface area contributed by atoms with E-state index in [1.54, 1.807) is 0 Å². The quantitative estimate of drug-likeness (QED) is 0.666. The smallest absolute Gasteiger partial charge is 0.313 e. The Labute approximate surface area is 69.3 Å². The Balaban J connectivity index is 2.95. The molecule has 1 aliphatic rings. The van der Waals surface area contributed by atoms with E-state index >= 15 is 0 Å². The lowest BCUT2D eigenvalue weighted by Crippen LogP contribution is -2.34. The van der Waals surface area contributed by atoms with Gasteiger partial charge < -0.3 is 5.11 Å². The lowest BCUT2D eigenvalue weighted by atomic mass is 9.90. The maximum absolute atomic E-state index is 12.3. The second-order valence-corrected chi connectivity index (χ2v) is 5.25. The van der Waals surface area contributed by atoms with Crippen molar-refractivity contribution in [2.75, 3.05) is 18.2 Å². The SMILES string of the molecule is O=C(O)C1(CF)CCS(=O)(=O)C1. The standard InChI is InChI=1S/C6H9FO4S/c7-3-6(5(8)9)1-2-12(10,11)4-6/h1-4H2,(H,8,9). The highest BCUT2D eigenvalue weighted by Crippen LogP contribution is 2.32. The fraction of sp³-hybridized carbons (Fsp3) is 0.833. The molecule has 0 spiro atoms. The van der Waals surface area contributed by atoms with Gasteiger partial charge in [0.25, 0.3) is 0 Å². The fourth-order valence-electron chi connectivity index (χ4n) is 1.25. The molecule has 1 heterocycles. The minimum Gasteiger partial charge on any atom is -0.481 e. The molecule has 4 nitrogen and oxygen atoms in total. The summed E-state index contributed by atoms with van der Waals surface area (Å²) in [6.07, 6.45) is -0.110. The lowest BCUT2D eigenvalue weighted by molar-refractivity contribution is -0.148. The number of halogens is 1. The van der Waals surface area contributed by atoms with Gasteiger partial charge in [0, 0.05) is 0 Å². The molecular formula is C6H9FO4S. The van der Waals surface area contributed by atoms with E-state index in [2.05, 4.69) is 0 Å². The van der Waals surface area contributed by atoms with Gasteiger partial charge in [-0.3, -0.25) is 4.79 Å². The first-order valence-corrected chi connectivity index (χ1v) is 5.24. The molecule has 0 radical (unpaired) electrons. The second-order valence-electron chi connectivity index (χ2n) is 3.06. The summed E-state index contributed by atoms with van der Waals surface area (Å²) < 4.78 is 34.1. The summed E-state index contributed by atoms with van der Waals surface area (Å²) in [6.45, 7) is -1.11. The Bertz CT molecular complexity index is 297. The molecule has 0 saturated carbocycles. The normalized spacial score (nSPS) is 33.4. The number of carbonyl (C=O) groups is 1. The van der Waals surface area contributed by atoms with Crippen LogP contribution in [-0.4, -0.2) is 37.7 Å². The first-order chi connectivity index (χ1) is 5.42. The third kappa shape index (κ3) is 1.43. The number of alkyl halides is 1. The van der Waals surface area contributed by atoms with Crippen LogP contribution in [0.5, 0.6) is 0 Å². The molecule has 6 heteroatoms. The molecule has 1 rings (SSSR count). The zero-order valence-corrected chi connectivity index (χ0v) is 7.10. The summed E-state index contributed by atoms with van der Waals surface area (Å²) in [5, 5.41) is 8.59. The Morgan fingerprint density at radius 3 is 2.33 bits per heavy atom. The fourth-order valence-corrected chi connectivity index (χ4v) is 3.28. The maximum Gasteiger partial charge on any atom is 0.313 e. The molecule has 1 atom stereocenters. The van der Waals surface area contributed by atoms with Crippen molar-refractivity contribution < 1.29 is 22.7 Å². The van der Waals surface area contributed by atoms with E-state index in [9.17, 15) is 17.6 Å². The molecule has 0 bridgehead atoms. The molecule has 1 saturated heterocycles. The molecule has 0 amide bonds. The van der Waals surface area contributed by atoms with E-state index in [-0.39, 0.29) is 12.2 Å². The molecule has 1 unspecified atom stereocenters. The Hall–Kier alpha value is -0.650. The van der Waals surface area contributed by atoms with Gasteiger partial charge in [-0.1, -0.05) is 0 Å². The largest absolute Gasteiger partial charge is 0.481 e. The minimum atomic E-state index is -3.33. The average molecular weight is 196 g/mol. The van der Waals surface area contributed by atoms with Gasteiger partial charge in [0.05, 0.1) is 11.5 Å². The molecule has 12 heavy (non-hydrogen) atoms. The van der Waals surface area contributed by atoms with Crippen LogP contribution in [-0.2, 0) is 14.6 Å². The second kappa shape index (κ2) is 2.69. The van der Waals surface area contributed by atoms with Gasteiger partial charge >= 0.3 is 5.97 Å². The van der Waals surface area contributed by atoms with Crippen molar-refractivity contribution in [1.82, 2.24) is 0 Å². The zero-order chi connectivity index (χ0) is 9.41. The van der Waals surface area contributed by atoms with E-state index in [1.165, 1.54) is 0 Å². The average Bonchev–Trinajstić information content (AvgIpc) is 2.27. The number of aliphatic carboxylic acids is 1. The highest BCUT2D eigenvalue weighted by atomic mass is 32.2. The van der Waals surface area contributed by atoms with Gasteiger partial charge in [-0.05, 0) is 6.42 Å². The van der Waals surface area contributed by atoms with Gasteiger partial charge in [-0.2, -0.15) is 0 Å². The number of sulfone groups is 1. The van der Waals surface area contributed by atoms with Gasteiger partial charge in [0.15, 0.2) is 9.84 Å². The van der Waals surface area contributed by atoms with Crippen LogP contribution >= 0.6 is 0 Å². The van der Waals surface area contributed by atoms with Crippen LogP contribution in [0.2, 0.25) is 0 Å². The highest BCUT2D eigenvalue weighted by Gasteiger charge is 2.48. The van der Waals surface area contributed by atoms with Crippen molar-refractivity contribution >= 4 is 15.8 Å². The van der Waals surface area contributed by atoms with Crippen molar-refractivity contribution in [2.24, 2.45) is 5.41 Å². The first kappa shape index (κ1) is 9.44. The first-order valence-electron chi connectivity index (χ1n) is 3.42. The highest BCUT2D eigenvalue weighted by molar-refractivity contribution is 7.91. The number of hydrogen-bond acceptors (Lipinski definition) is 3. The molecule has 0 aromatic carbocycles. The van der Waals surface area contributed by atoms with E-state index in [1.807, 2.05) is 0 Å². The molecule has 0 aliphatic carbocycles. The van der Waals surface area contributed by atoms with Crippen molar-refractivity contribution in [2.45, 2.75) is 6.42 Å². The van der Waals surface area contributed by atoms with Crippen molar-refractivity contribution in [3.05, 3.63) is 0 Å². The summed E-state index contributed by atoms with van der Waals surface area (Å²) in [4.78, 5) is 10.5. The molecule has 1 aliphatic heterocycles. The molecular weight excluding hydrogens is 187 g/mol. The molecule has 70 valence electrons. The van der Waals surface area contributed by atoms with Gasteiger partial charge in [-0.25, -0.2) is 12.8 Å². The summed E-state index contributed by atoms with van der Waals surface area (Å²) in [5.41, 5.74) is -1.67. The Morgan fingerprint density at radius 2 is 2.17 bits per heavy atom. The van der Waals surface area contributed by atoms with Gasteiger partial charge in [0.1, 0.15) is 12.1 Å². The van der Waals surface area contributed by atoms with Crippen LogP contribution in [0.4, 0.5) is 4.39 Å². The third-order valence-corrected chi connectivity index (χ3v) is 3.92. The van der Waals surface area contributed by atoms with Gasteiger partial charge in [0.2, 0.25) is 0 Å². The number of hydrogen-bond donors (Lipinski definition) is 1. The monoisotopic (exact) mass is 196 g/mol. The van der Waals surface area contributed by atoms with Crippen molar-refractivity contribution in [1.29, 1.82) is 0 Å². The van der Waals surface area contributed by atoms with Crippen molar-refractivity contribution in [3.63, 3.8) is 0 Å². The van der Waals surface area contributed by atoms with Crippen molar-refractivity contribution in [3.8, 4) is 0 Å². The van der Waals surface area contributed by atoms with Crippen LogP contribution in [0.3, 0.4) is 0 Å². The van der Waals surface area contributed by atoms with Crippen LogP contribution in [0.1, 0.15) is 6.42 Å². The summed E-state index contributed by atoms with van der Waals surface area (Å²) in [6, 6.07) is 0. The predicted molar refractivity (Wildman–Crippen MR) is 39.3 cm³/mol.